The van der Waals surface area contributed by atoms with Crippen LogP contribution in [0, 0.1) is 11.5 Å². The van der Waals surface area contributed by atoms with Crippen molar-refractivity contribution < 1.29 is 17.0 Å². The molecule has 0 atom stereocenters. The summed E-state index contributed by atoms with van der Waals surface area (Å²) in [4.78, 5) is 0. The van der Waals surface area contributed by atoms with E-state index in [1.165, 1.54) is 5.57 Å². The topological polar surface area (TPSA) is 0 Å². The predicted molar refractivity (Wildman–Crippen MR) is 51.7 cm³/mol. The molecule has 0 aromatic heterocycles. The standard InChI is InChI=1S/C11H17.V/c1-6-10(2)8-7-9-11(3,4)5;/h1,6,8H,9H2,2-5H3;/q-1;. The molecule has 0 aromatic carbocycles. The SMILES string of the molecule is CC(C=[C-]CC(C)(C)C)=C[CH]=[V]. The quantitative estimate of drug-likeness (QED) is 0.485. The van der Waals surface area contributed by atoms with Crippen LogP contribution < -0.4 is 0 Å². The maximum atomic E-state index is 3.29. The molecule has 0 unspecified atom stereocenters. The Bertz CT molecular complexity index is 192. The second kappa shape index (κ2) is 5.56. The van der Waals surface area contributed by atoms with Crippen LogP contribution in [0.3, 0.4) is 0 Å². The number of allylic oxidation sites excluding steroid dienone is 4. The first kappa shape index (κ1) is 11.9. The summed E-state index contributed by atoms with van der Waals surface area (Å²) in [6.07, 6.45) is 8.42. The molecule has 12 heavy (non-hydrogen) atoms. The molecule has 0 rings (SSSR count). The minimum atomic E-state index is 0.350. The average molecular weight is 200 g/mol. The van der Waals surface area contributed by atoms with Gasteiger partial charge in [0.1, 0.15) is 0 Å². The van der Waals surface area contributed by atoms with E-state index in [9.17, 15) is 0 Å². The number of hydrogen-bond donors (Lipinski definition) is 0. The van der Waals surface area contributed by atoms with Crippen molar-refractivity contribution in [2.75, 3.05) is 0 Å². The molecule has 0 aliphatic rings. The van der Waals surface area contributed by atoms with E-state index in [0.29, 0.717) is 5.41 Å². The molecule has 0 aromatic rings. The van der Waals surface area contributed by atoms with Crippen LogP contribution in [0.1, 0.15) is 34.1 Å². The molecule has 0 aliphatic heterocycles. The van der Waals surface area contributed by atoms with Gasteiger partial charge in [0.2, 0.25) is 0 Å². The first-order valence-corrected chi connectivity index (χ1v) is 4.97. The third-order valence-electron chi connectivity index (χ3n) is 1.30. The van der Waals surface area contributed by atoms with E-state index in [1.54, 1.807) is 0 Å². The monoisotopic (exact) mass is 200 g/mol. The molecule has 1 heteroatoms. The Morgan fingerprint density at radius 3 is 2.42 bits per heavy atom. The molecule has 0 saturated carbocycles. The molecular formula is C11H17V-. The van der Waals surface area contributed by atoms with Gasteiger partial charge in [0, 0.05) is 0 Å². The molecule has 0 amide bonds. The molecule has 0 saturated heterocycles. The van der Waals surface area contributed by atoms with E-state index < -0.39 is 0 Å². The van der Waals surface area contributed by atoms with E-state index >= 15 is 0 Å². The summed E-state index contributed by atoms with van der Waals surface area (Å²) in [6.45, 7) is 8.74. The van der Waals surface area contributed by atoms with E-state index in [1.807, 2.05) is 4.73 Å². The van der Waals surface area contributed by atoms with Gasteiger partial charge in [0.15, 0.2) is 0 Å². The van der Waals surface area contributed by atoms with E-state index in [-0.39, 0.29) is 0 Å². The van der Waals surface area contributed by atoms with Crippen LogP contribution in [0.15, 0.2) is 17.7 Å². The Kier molecular flexibility index (Phi) is 5.53. The second-order valence-corrected chi connectivity index (χ2v) is 4.61. The van der Waals surface area contributed by atoms with Gasteiger partial charge in [-0.25, -0.2) is 0 Å². The first-order valence-electron chi connectivity index (χ1n) is 4.16. The normalized spacial score (nSPS) is 13.8. The van der Waals surface area contributed by atoms with Gasteiger partial charge in [-0.15, -0.1) is 0 Å². The fourth-order valence-corrected chi connectivity index (χ4v) is 1.05. The Hall–Kier alpha value is -0.0656. The van der Waals surface area contributed by atoms with Crippen molar-refractivity contribution in [2.24, 2.45) is 5.41 Å². The summed E-state index contributed by atoms with van der Waals surface area (Å²) in [5.74, 6) is 0. The van der Waals surface area contributed by atoms with Crippen LogP contribution in [0.25, 0.3) is 0 Å². The van der Waals surface area contributed by atoms with Gasteiger partial charge in [0.25, 0.3) is 0 Å². The molecule has 0 fully saturated rings. The summed E-state index contributed by atoms with van der Waals surface area (Å²) in [7, 11) is 0. The van der Waals surface area contributed by atoms with Crippen molar-refractivity contribution >= 4 is 4.73 Å². The third-order valence-corrected chi connectivity index (χ3v) is 1.53. The fourth-order valence-electron chi connectivity index (χ4n) is 0.684. The summed E-state index contributed by atoms with van der Waals surface area (Å²) in [5, 5.41) is 0. The van der Waals surface area contributed by atoms with Crippen LogP contribution in [0.5, 0.6) is 0 Å². The zero-order valence-electron chi connectivity index (χ0n) is 8.39. The van der Waals surface area contributed by atoms with Gasteiger partial charge < -0.3 is 0 Å². The van der Waals surface area contributed by atoms with Gasteiger partial charge >= 0.3 is 85.0 Å². The molecule has 0 bridgehead atoms. The summed E-state index contributed by atoms with van der Waals surface area (Å²) in [6, 6.07) is 0. The van der Waals surface area contributed by atoms with Crippen molar-refractivity contribution in [3.63, 3.8) is 0 Å². The third kappa shape index (κ3) is 8.04. The summed E-state index contributed by atoms with van der Waals surface area (Å²) >= 11 is 2.43. The molecule has 0 aliphatic carbocycles. The van der Waals surface area contributed by atoms with Gasteiger partial charge in [-0.05, 0) is 0 Å². The van der Waals surface area contributed by atoms with Crippen LogP contribution >= 0.6 is 0 Å². The van der Waals surface area contributed by atoms with Crippen molar-refractivity contribution in [3.8, 4) is 0 Å². The van der Waals surface area contributed by atoms with E-state index in [0.717, 1.165) is 6.42 Å². The van der Waals surface area contributed by atoms with Crippen LogP contribution in [-0.2, 0) is 17.0 Å². The van der Waals surface area contributed by atoms with Gasteiger partial charge in [-0.3, -0.25) is 0 Å². The Morgan fingerprint density at radius 2 is 2.00 bits per heavy atom. The maximum absolute atomic E-state index is 3.29. The molecular weight excluding hydrogens is 183 g/mol. The number of hydrogen-bond acceptors (Lipinski definition) is 0. The Labute approximate surface area is 85.2 Å². The fraction of sp³-hybridized carbons (Fsp3) is 0.545. The molecule has 67 valence electrons. The predicted octanol–water partition coefficient (Wildman–Crippen LogP) is 3.08. The van der Waals surface area contributed by atoms with Crippen molar-refractivity contribution in [1.82, 2.24) is 0 Å². The summed E-state index contributed by atoms with van der Waals surface area (Å²) in [5.41, 5.74) is 1.60. The van der Waals surface area contributed by atoms with Gasteiger partial charge in [-0.1, -0.05) is 0 Å². The van der Waals surface area contributed by atoms with Gasteiger partial charge in [0.05, 0.1) is 0 Å². The van der Waals surface area contributed by atoms with Crippen molar-refractivity contribution in [2.45, 2.75) is 34.1 Å². The molecule has 0 spiro atoms. The molecule has 0 N–H and O–H groups in total. The summed E-state index contributed by atoms with van der Waals surface area (Å²) < 4.78 is 1.98. The number of rotatable bonds is 3. The van der Waals surface area contributed by atoms with E-state index in [4.69, 9.17) is 0 Å². The van der Waals surface area contributed by atoms with Gasteiger partial charge in [-0.2, -0.15) is 0 Å². The Balaban J connectivity index is 3.93. The molecule has 0 nitrogen and oxygen atoms in total. The van der Waals surface area contributed by atoms with Crippen LogP contribution in [0.4, 0.5) is 0 Å². The van der Waals surface area contributed by atoms with Crippen molar-refractivity contribution in [3.05, 3.63) is 23.8 Å². The van der Waals surface area contributed by atoms with Crippen molar-refractivity contribution in [1.29, 1.82) is 0 Å². The second-order valence-electron chi connectivity index (χ2n) is 4.15. The average Bonchev–Trinajstić information content (AvgIpc) is 1.84. The first-order chi connectivity index (χ1) is 5.45. The Morgan fingerprint density at radius 1 is 1.42 bits per heavy atom. The van der Waals surface area contributed by atoms with Crippen LogP contribution in [-0.4, -0.2) is 4.73 Å². The zero-order chi connectivity index (χ0) is 9.61. The minimum absolute atomic E-state index is 0.350. The molecule has 0 heterocycles. The molecule has 0 radical (unpaired) electrons. The zero-order valence-corrected chi connectivity index (χ0v) is 9.78. The van der Waals surface area contributed by atoms with E-state index in [2.05, 4.69) is 62.9 Å². The van der Waals surface area contributed by atoms with Crippen LogP contribution in [0.2, 0.25) is 0 Å².